The van der Waals surface area contributed by atoms with Crippen molar-refractivity contribution in [3.05, 3.63) is 18.2 Å². The zero-order valence-electron chi connectivity index (χ0n) is 12.6. The lowest BCUT2D eigenvalue weighted by atomic mass is 10.0. The van der Waals surface area contributed by atoms with E-state index in [1.54, 1.807) is 12.1 Å². The number of carbonyl (C=O) groups is 1. The molecular weight excluding hydrogens is 256 g/mol. The maximum atomic E-state index is 11.8. The fraction of sp³-hybridized carbons (Fsp3) is 0.533. The van der Waals surface area contributed by atoms with Gasteiger partial charge < -0.3 is 20.5 Å². The number of ether oxygens (including phenoxy) is 2. The van der Waals surface area contributed by atoms with Gasteiger partial charge in [0, 0.05) is 11.8 Å². The second kappa shape index (κ2) is 7.62. The third-order valence-corrected chi connectivity index (χ3v) is 2.85. The average Bonchev–Trinajstić information content (AvgIpc) is 2.40. The van der Waals surface area contributed by atoms with Crippen LogP contribution in [0.1, 0.15) is 27.2 Å². The number of rotatable bonds is 7. The van der Waals surface area contributed by atoms with E-state index in [0.29, 0.717) is 30.4 Å². The maximum Gasteiger partial charge on any atom is 0.328 e. The Morgan fingerprint density at radius 2 is 2.10 bits per heavy atom. The van der Waals surface area contributed by atoms with Crippen molar-refractivity contribution in [2.24, 2.45) is 5.92 Å². The van der Waals surface area contributed by atoms with E-state index in [0.717, 1.165) is 5.69 Å². The number of hydrogen-bond acceptors (Lipinski definition) is 5. The number of carbonyl (C=O) groups excluding carboxylic acids is 1. The zero-order chi connectivity index (χ0) is 15.1. The molecule has 0 fully saturated rings. The molecule has 0 saturated heterocycles. The van der Waals surface area contributed by atoms with Crippen LogP contribution >= 0.6 is 0 Å². The first kappa shape index (κ1) is 16.1. The molecule has 1 aromatic carbocycles. The first-order chi connectivity index (χ1) is 9.47. The summed E-state index contributed by atoms with van der Waals surface area (Å²) in [5, 5.41) is 3.18. The van der Waals surface area contributed by atoms with Crippen LogP contribution in [-0.4, -0.2) is 25.7 Å². The fourth-order valence-corrected chi connectivity index (χ4v) is 1.93. The largest absolute Gasteiger partial charge is 0.492 e. The lowest BCUT2D eigenvalue weighted by molar-refractivity contribution is -0.141. The molecule has 3 N–H and O–H groups in total. The third-order valence-electron chi connectivity index (χ3n) is 2.85. The van der Waals surface area contributed by atoms with E-state index in [2.05, 4.69) is 19.2 Å². The summed E-state index contributed by atoms with van der Waals surface area (Å²) in [6.07, 6.45) is 0.695. The Morgan fingerprint density at radius 3 is 2.65 bits per heavy atom. The van der Waals surface area contributed by atoms with Gasteiger partial charge in [0.2, 0.25) is 0 Å². The number of esters is 1. The number of hydrogen-bond donors (Lipinski definition) is 2. The van der Waals surface area contributed by atoms with Gasteiger partial charge in [0.15, 0.2) is 0 Å². The Kier molecular flexibility index (Phi) is 6.15. The van der Waals surface area contributed by atoms with Crippen LogP contribution in [0.15, 0.2) is 18.2 Å². The van der Waals surface area contributed by atoms with Crippen molar-refractivity contribution in [1.82, 2.24) is 0 Å². The van der Waals surface area contributed by atoms with Gasteiger partial charge in [-0.05, 0) is 31.4 Å². The minimum atomic E-state index is -0.377. The predicted molar refractivity (Wildman–Crippen MR) is 80.9 cm³/mol. The van der Waals surface area contributed by atoms with Gasteiger partial charge in [-0.2, -0.15) is 0 Å². The number of methoxy groups -OCH3 is 1. The lowest BCUT2D eigenvalue weighted by Gasteiger charge is -2.20. The zero-order valence-corrected chi connectivity index (χ0v) is 12.6. The Balaban J connectivity index is 2.87. The first-order valence-electron chi connectivity index (χ1n) is 6.84. The smallest absolute Gasteiger partial charge is 0.328 e. The lowest BCUT2D eigenvalue weighted by Crippen LogP contribution is -2.32. The van der Waals surface area contributed by atoms with E-state index in [1.807, 2.05) is 13.0 Å². The van der Waals surface area contributed by atoms with Gasteiger partial charge in [0.05, 0.1) is 19.4 Å². The van der Waals surface area contributed by atoms with Crippen LogP contribution in [0.25, 0.3) is 0 Å². The van der Waals surface area contributed by atoms with Gasteiger partial charge in [-0.15, -0.1) is 0 Å². The molecule has 1 rings (SSSR count). The number of nitrogens with two attached hydrogens (primary N) is 1. The molecule has 0 saturated carbocycles. The van der Waals surface area contributed by atoms with Gasteiger partial charge in [-0.1, -0.05) is 13.8 Å². The van der Waals surface area contributed by atoms with E-state index in [4.69, 9.17) is 15.2 Å². The first-order valence-corrected chi connectivity index (χ1v) is 6.84. The summed E-state index contributed by atoms with van der Waals surface area (Å²) in [5.41, 5.74) is 7.20. The molecule has 0 amide bonds. The molecule has 1 aromatic rings. The molecule has 0 aliphatic heterocycles. The molecule has 0 aliphatic carbocycles. The number of benzene rings is 1. The van der Waals surface area contributed by atoms with Crippen molar-refractivity contribution in [2.75, 3.05) is 24.8 Å². The molecule has 5 heteroatoms. The number of nitrogen functional groups attached to an aromatic ring is 1. The average molecular weight is 280 g/mol. The Bertz CT molecular complexity index is 447. The highest BCUT2D eigenvalue weighted by Gasteiger charge is 2.20. The Morgan fingerprint density at radius 1 is 1.40 bits per heavy atom. The van der Waals surface area contributed by atoms with Crippen LogP contribution in [0.3, 0.4) is 0 Å². The van der Waals surface area contributed by atoms with Crippen molar-refractivity contribution in [1.29, 1.82) is 0 Å². The summed E-state index contributed by atoms with van der Waals surface area (Å²) in [7, 11) is 1.39. The van der Waals surface area contributed by atoms with E-state index >= 15 is 0 Å². The molecule has 112 valence electrons. The molecule has 0 radical (unpaired) electrons. The predicted octanol–water partition coefficient (Wildman–Crippen LogP) is 2.67. The molecule has 1 atom stereocenters. The van der Waals surface area contributed by atoms with Crippen molar-refractivity contribution in [2.45, 2.75) is 33.2 Å². The summed E-state index contributed by atoms with van der Waals surface area (Å²) < 4.78 is 10.3. The van der Waals surface area contributed by atoms with Gasteiger partial charge in [-0.3, -0.25) is 0 Å². The van der Waals surface area contributed by atoms with E-state index in [-0.39, 0.29) is 12.0 Å². The van der Waals surface area contributed by atoms with Crippen LogP contribution in [0.2, 0.25) is 0 Å². The molecule has 1 unspecified atom stereocenters. The van der Waals surface area contributed by atoms with Crippen LogP contribution < -0.4 is 15.8 Å². The van der Waals surface area contributed by atoms with E-state index in [1.165, 1.54) is 7.11 Å². The van der Waals surface area contributed by atoms with Crippen LogP contribution in [0.4, 0.5) is 11.4 Å². The number of nitrogens with one attached hydrogen (secondary N) is 1. The highest BCUT2D eigenvalue weighted by Crippen LogP contribution is 2.26. The normalized spacial score (nSPS) is 12.1. The van der Waals surface area contributed by atoms with Crippen LogP contribution in [-0.2, 0) is 9.53 Å². The van der Waals surface area contributed by atoms with Gasteiger partial charge in [-0.25, -0.2) is 4.79 Å². The van der Waals surface area contributed by atoms with Crippen LogP contribution in [0, 0.1) is 5.92 Å². The molecule has 0 aromatic heterocycles. The molecule has 0 spiro atoms. The molecule has 20 heavy (non-hydrogen) atoms. The quantitative estimate of drug-likeness (QED) is 0.593. The van der Waals surface area contributed by atoms with Crippen LogP contribution in [0.5, 0.6) is 5.75 Å². The summed E-state index contributed by atoms with van der Waals surface area (Å²) in [4.78, 5) is 11.8. The number of anilines is 2. The second-order valence-electron chi connectivity index (χ2n) is 5.04. The molecule has 0 heterocycles. The van der Waals surface area contributed by atoms with Crippen molar-refractivity contribution in [3.63, 3.8) is 0 Å². The van der Waals surface area contributed by atoms with E-state index in [9.17, 15) is 4.79 Å². The van der Waals surface area contributed by atoms with Crippen molar-refractivity contribution in [3.8, 4) is 5.75 Å². The Labute approximate surface area is 120 Å². The van der Waals surface area contributed by atoms with E-state index < -0.39 is 0 Å². The summed E-state index contributed by atoms with van der Waals surface area (Å²) >= 11 is 0. The maximum absolute atomic E-state index is 11.8. The molecular formula is C15H24N2O3. The van der Waals surface area contributed by atoms with Crippen molar-refractivity contribution < 1.29 is 14.3 Å². The molecule has 0 bridgehead atoms. The third kappa shape index (κ3) is 4.64. The fourth-order valence-electron chi connectivity index (χ4n) is 1.93. The highest BCUT2D eigenvalue weighted by molar-refractivity contribution is 5.79. The topological polar surface area (TPSA) is 73.6 Å². The second-order valence-corrected chi connectivity index (χ2v) is 5.04. The van der Waals surface area contributed by atoms with Gasteiger partial charge in [0.1, 0.15) is 11.8 Å². The highest BCUT2D eigenvalue weighted by atomic mass is 16.5. The summed E-state index contributed by atoms with van der Waals surface area (Å²) in [6, 6.07) is 5.01. The minimum Gasteiger partial charge on any atom is -0.492 e. The van der Waals surface area contributed by atoms with Crippen molar-refractivity contribution >= 4 is 17.3 Å². The van der Waals surface area contributed by atoms with Gasteiger partial charge in [0.25, 0.3) is 0 Å². The summed E-state index contributed by atoms with van der Waals surface area (Å²) in [6.45, 7) is 6.56. The Hall–Kier alpha value is -1.91. The SMILES string of the molecule is CCOc1cc(NC(CC(C)C)C(=O)OC)ccc1N. The van der Waals surface area contributed by atoms with Gasteiger partial charge >= 0.3 is 5.97 Å². The standard InChI is InChI=1S/C15H24N2O3/c1-5-20-14-9-11(6-7-12(14)16)17-13(8-10(2)3)15(18)19-4/h6-7,9-10,13,17H,5,8,16H2,1-4H3. The summed E-state index contributed by atoms with van der Waals surface area (Å²) in [5.74, 6) is 0.728. The minimum absolute atomic E-state index is 0.270. The molecule has 0 aliphatic rings. The molecule has 5 nitrogen and oxygen atoms in total. The monoisotopic (exact) mass is 280 g/mol.